The van der Waals surface area contributed by atoms with E-state index in [1.165, 1.54) is 193 Å². The minimum absolute atomic E-state index is 0.366. The van der Waals surface area contributed by atoms with Crippen LogP contribution in [0.5, 0.6) is 0 Å². The lowest BCUT2D eigenvalue weighted by atomic mass is 10.00. The third-order valence-corrected chi connectivity index (χ3v) is 11.5. The van der Waals surface area contributed by atoms with Gasteiger partial charge in [-0.05, 0) is 38.5 Å². The van der Waals surface area contributed by atoms with Crippen LogP contribution in [0.25, 0.3) is 0 Å². The number of rotatable bonds is 44. The predicted octanol–water partition coefficient (Wildman–Crippen LogP) is 13.0. The van der Waals surface area contributed by atoms with Crippen LogP contribution in [0.3, 0.4) is 0 Å². The molecule has 0 aromatic rings. The highest BCUT2D eigenvalue weighted by Gasteiger charge is 2.28. The molecule has 0 radical (unpaired) electrons. The third-order valence-electron chi connectivity index (χ3n) is 11.5. The average Bonchev–Trinajstić information content (AvgIpc) is 3.18. The van der Waals surface area contributed by atoms with Gasteiger partial charge in [0, 0.05) is 0 Å². The molecule has 0 aromatic heterocycles. The lowest BCUT2D eigenvalue weighted by molar-refractivity contribution is -0.132. The Hall–Kier alpha value is -0.950. The second-order valence-corrected chi connectivity index (χ2v) is 16.8. The van der Waals surface area contributed by atoms with E-state index in [4.69, 9.17) is 0 Å². The number of carbonyl (C=O) groups is 1. The van der Waals surface area contributed by atoms with Crippen molar-refractivity contribution >= 4 is 5.91 Å². The Bertz CT molecular complexity index is 776. The first-order valence-electron chi connectivity index (χ1n) is 24.1. The van der Waals surface area contributed by atoms with Gasteiger partial charge < -0.3 is 25.7 Å². The van der Waals surface area contributed by atoms with Crippen LogP contribution in [0.1, 0.15) is 258 Å². The molecule has 4 unspecified atom stereocenters. The van der Waals surface area contributed by atoms with Crippen LogP contribution >= 0.6 is 0 Å². The minimum atomic E-state index is -1.28. The Morgan fingerprint density at radius 3 is 1.11 bits per heavy atom. The van der Waals surface area contributed by atoms with Gasteiger partial charge in [0.2, 0.25) is 5.91 Å². The molecule has 6 heteroatoms. The monoisotopic (exact) mass is 766 g/mol. The fourth-order valence-corrected chi connectivity index (χ4v) is 7.64. The van der Waals surface area contributed by atoms with Crippen LogP contribution in [0.15, 0.2) is 12.2 Å². The molecule has 0 saturated carbocycles. The van der Waals surface area contributed by atoms with E-state index < -0.39 is 36.9 Å². The van der Waals surface area contributed by atoms with Crippen molar-refractivity contribution in [3.05, 3.63) is 12.2 Å². The largest absolute Gasteiger partial charge is 0.394 e. The number of unbranched alkanes of at least 4 members (excludes halogenated alkanes) is 33. The number of aliphatic hydroxyl groups is 4. The zero-order chi connectivity index (χ0) is 39.6. The van der Waals surface area contributed by atoms with Crippen molar-refractivity contribution < 1.29 is 25.2 Å². The van der Waals surface area contributed by atoms with Crippen LogP contribution in [-0.4, -0.2) is 57.3 Å². The van der Waals surface area contributed by atoms with E-state index in [9.17, 15) is 25.2 Å². The molecule has 0 spiro atoms. The molecule has 5 N–H and O–H groups in total. The molecule has 0 aliphatic rings. The molecular formula is C48H95NO5. The predicted molar refractivity (Wildman–Crippen MR) is 233 cm³/mol. The normalized spacial score (nSPS) is 14.1. The summed E-state index contributed by atoms with van der Waals surface area (Å²) in [7, 11) is 0. The van der Waals surface area contributed by atoms with Crippen molar-refractivity contribution in [1.29, 1.82) is 0 Å². The zero-order valence-electron chi connectivity index (χ0n) is 36.2. The van der Waals surface area contributed by atoms with Gasteiger partial charge in [0.05, 0.1) is 18.8 Å². The first kappa shape index (κ1) is 53.0. The van der Waals surface area contributed by atoms with E-state index in [0.29, 0.717) is 12.8 Å². The Morgan fingerprint density at radius 1 is 0.444 bits per heavy atom. The molecule has 0 heterocycles. The lowest BCUT2D eigenvalue weighted by Gasteiger charge is -2.27. The van der Waals surface area contributed by atoms with Crippen molar-refractivity contribution in [2.24, 2.45) is 0 Å². The van der Waals surface area contributed by atoms with Gasteiger partial charge in [-0.25, -0.2) is 0 Å². The summed E-state index contributed by atoms with van der Waals surface area (Å²) >= 11 is 0. The van der Waals surface area contributed by atoms with Gasteiger partial charge in [-0.3, -0.25) is 4.79 Å². The number of hydrogen-bond donors (Lipinski definition) is 5. The molecule has 0 aliphatic heterocycles. The van der Waals surface area contributed by atoms with Gasteiger partial charge in [0.1, 0.15) is 12.2 Å². The first-order chi connectivity index (χ1) is 26.5. The lowest BCUT2D eigenvalue weighted by Crippen LogP contribution is -2.53. The molecule has 322 valence electrons. The molecule has 1 amide bonds. The second kappa shape index (κ2) is 43.2. The van der Waals surface area contributed by atoms with Crippen molar-refractivity contribution in [2.75, 3.05) is 6.61 Å². The molecule has 4 atom stereocenters. The van der Waals surface area contributed by atoms with Crippen molar-refractivity contribution in [3.8, 4) is 0 Å². The molecule has 0 rings (SSSR count). The summed E-state index contributed by atoms with van der Waals surface area (Å²) in [5.41, 5.74) is 0. The van der Waals surface area contributed by atoms with Crippen molar-refractivity contribution in [2.45, 2.75) is 282 Å². The van der Waals surface area contributed by atoms with Gasteiger partial charge in [0.25, 0.3) is 0 Å². The minimum Gasteiger partial charge on any atom is -0.394 e. The maximum atomic E-state index is 12.4. The highest BCUT2D eigenvalue weighted by Crippen LogP contribution is 2.17. The fraction of sp³-hybridized carbons (Fsp3) is 0.938. The average molecular weight is 766 g/mol. The Kier molecular flexibility index (Phi) is 42.4. The summed E-state index contributed by atoms with van der Waals surface area (Å²) < 4.78 is 0. The maximum Gasteiger partial charge on any atom is 0.249 e. The fourth-order valence-electron chi connectivity index (χ4n) is 7.64. The van der Waals surface area contributed by atoms with E-state index in [2.05, 4.69) is 31.3 Å². The van der Waals surface area contributed by atoms with Gasteiger partial charge in [-0.15, -0.1) is 0 Å². The van der Waals surface area contributed by atoms with Crippen LogP contribution in [0.2, 0.25) is 0 Å². The van der Waals surface area contributed by atoms with Crippen LogP contribution < -0.4 is 5.32 Å². The van der Waals surface area contributed by atoms with E-state index in [0.717, 1.165) is 38.5 Å². The second-order valence-electron chi connectivity index (χ2n) is 16.8. The van der Waals surface area contributed by atoms with Gasteiger partial charge in [-0.1, -0.05) is 231 Å². The number of carbonyl (C=O) groups excluding carboxylic acids is 1. The molecule has 0 aromatic carbocycles. The van der Waals surface area contributed by atoms with Gasteiger partial charge in [-0.2, -0.15) is 0 Å². The van der Waals surface area contributed by atoms with Crippen LogP contribution in [-0.2, 0) is 4.79 Å². The van der Waals surface area contributed by atoms with Crippen molar-refractivity contribution in [1.82, 2.24) is 5.32 Å². The Morgan fingerprint density at radius 2 is 0.759 bits per heavy atom. The van der Waals surface area contributed by atoms with E-state index >= 15 is 0 Å². The quantitative estimate of drug-likeness (QED) is 0.0313. The third kappa shape index (κ3) is 36.7. The smallest absolute Gasteiger partial charge is 0.249 e. The molecule has 6 nitrogen and oxygen atoms in total. The van der Waals surface area contributed by atoms with Crippen LogP contribution in [0, 0.1) is 0 Å². The number of amides is 1. The van der Waals surface area contributed by atoms with E-state index in [1.807, 2.05) is 0 Å². The molecule has 54 heavy (non-hydrogen) atoms. The maximum absolute atomic E-state index is 12.4. The number of aliphatic hydroxyl groups excluding tert-OH is 4. The molecule has 0 saturated heterocycles. The summed E-state index contributed by atoms with van der Waals surface area (Å²) in [5, 5.41) is 43.5. The number of nitrogens with one attached hydrogen (secondary N) is 1. The summed E-state index contributed by atoms with van der Waals surface area (Å²) in [6, 6.07) is -0.996. The SMILES string of the molecule is CCCCCCCCCCCCCCCCCCCCCCCCCC/C=C/CCCC(O)C(O)C(CO)NC(=O)C(O)CCCCCCCCCCC. The topological polar surface area (TPSA) is 110 Å². The van der Waals surface area contributed by atoms with Gasteiger partial charge >= 0.3 is 0 Å². The summed E-state index contributed by atoms with van der Waals surface area (Å²) in [4.78, 5) is 12.4. The van der Waals surface area contributed by atoms with Crippen molar-refractivity contribution in [3.63, 3.8) is 0 Å². The highest BCUT2D eigenvalue weighted by molar-refractivity contribution is 5.80. The summed E-state index contributed by atoms with van der Waals surface area (Å²) in [5.74, 6) is -0.594. The van der Waals surface area contributed by atoms with Gasteiger partial charge in [0.15, 0.2) is 0 Å². The zero-order valence-corrected chi connectivity index (χ0v) is 36.2. The Balaban J connectivity index is 3.58. The number of hydrogen-bond acceptors (Lipinski definition) is 5. The molecular weight excluding hydrogens is 671 g/mol. The Labute approximate surface area is 336 Å². The summed E-state index contributed by atoms with van der Waals surface area (Å²) in [6.07, 6.45) is 48.6. The molecule has 0 bridgehead atoms. The summed E-state index contributed by atoms with van der Waals surface area (Å²) in [6.45, 7) is 4.02. The standard InChI is InChI=1S/C48H95NO5/c1-3-5-7-9-11-13-14-15-16-17-18-19-20-21-22-23-24-25-26-27-28-29-30-31-32-34-35-37-39-41-45(51)47(53)44(43-50)49-48(54)46(52)42-40-38-36-33-12-10-8-6-4-2/h34-35,44-47,50-53H,3-33,36-43H2,1-2H3,(H,49,54)/b35-34+. The molecule has 0 aliphatic carbocycles. The first-order valence-corrected chi connectivity index (χ1v) is 24.1. The number of allylic oxidation sites excluding steroid dienone is 2. The van der Waals surface area contributed by atoms with E-state index in [-0.39, 0.29) is 0 Å². The van der Waals surface area contributed by atoms with E-state index in [1.54, 1.807) is 0 Å². The molecule has 0 fully saturated rings. The van der Waals surface area contributed by atoms with Crippen LogP contribution in [0.4, 0.5) is 0 Å². The highest BCUT2D eigenvalue weighted by atomic mass is 16.3.